The molecule has 7 rings (SSSR count). The zero-order valence-corrected chi connectivity index (χ0v) is 23.2. The summed E-state index contributed by atoms with van der Waals surface area (Å²) in [6, 6.07) is 11.4. The van der Waals surface area contributed by atoms with E-state index in [4.69, 9.17) is 28.1 Å². The third kappa shape index (κ3) is 4.55. The van der Waals surface area contributed by atoms with Gasteiger partial charge in [0, 0.05) is 17.9 Å². The number of esters is 1. The summed E-state index contributed by atoms with van der Waals surface area (Å²) >= 11 is 0. The summed E-state index contributed by atoms with van der Waals surface area (Å²) in [6.45, 7) is 3.98. The highest BCUT2D eigenvalue weighted by atomic mass is 16.7. The van der Waals surface area contributed by atoms with Gasteiger partial charge < -0.3 is 38.5 Å². The van der Waals surface area contributed by atoms with Crippen molar-refractivity contribution in [1.29, 1.82) is 0 Å². The fourth-order valence-corrected chi connectivity index (χ4v) is 6.89. The molecule has 0 saturated carbocycles. The highest BCUT2D eigenvalue weighted by molar-refractivity contribution is 5.79. The van der Waals surface area contributed by atoms with Crippen LogP contribution in [-0.4, -0.2) is 56.7 Å². The molecule has 2 aromatic carbocycles. The lowest BCUT2D eigenvalue weighted by atomic mass is 9.65. The van der Waals surface area contributed by atoms with Gasteiger partial charge in [-0.2, -0.15) is 0 Å². The highest BCUT2D eigenvalue weighted by Gasteiger charge is 2.52. The van der Waals surface area contributed by atoms with Crippen molar-refractivity contribution in [3.8, 4) is 28.7 Å². The number of phenolic OH excluding ortho intramolecular Hbond substituents is 1. The maximum atomic E-state index is 13.4. The fourth-order valence-electron chi connectivity index (χ4n) is 6.89. The Morgan fingerprint density at radius 3 is 2.34 bits per heavy atom. The van der Waals surface area contributed by atoms with Crippen LogP contribution >= 0.6 is 0 Å². The lowest BCUT2D eigenvalue weighted by Crippen LogP contribution is -2.40. The molecule has 0 amide bonds. The summed E-state index contributed by atoms with van der Waals surface area (Å²) in [7, 11) is 2.98. The molecule has 0 unspecified atom stereocenters. The average Bonchev–Trinajstić information content (AvgIpc) is 3.80. The zero-order chi connectivity index (χ0) is 28.1. The Morgan fingerprint density at radius 2 is 1.63 bits per heavy atom. The van der Waals surface area contributed by atoms with Crippen LogP contribution in [-0.2, 0) is 22.6 Å². The lowest BCUT2D eigenvalue weighted by molar-refractivity contribution is -0.141. The number of hydrogen-bond acceptors (Lipinski definition) is 10. The molecule has 1 aliphatic carbocycles. The molecule has 10 heteroatoms. The van der Waals surface area contributed by atoms with Crippen LogP contribution in [0.15, 0.2) is 40.8 Å². The molecular weight excluding hydrogens is 528 g/mol. The first-order valence-electron chi connectivity index (χ1n) is 14.1. The molecule has 2 N–H and O–H groups in total. The molecule has 0 spiro atoms. The molecular formula is C31H34N2O8. The Balaban J connectivity index is 1.26. The molecule has 2 saturated heterocycles. The Hall–Kier alpha value is -3.89. The molecule has 0 bridgehead atoms. The number of phenols is 1. The van der Waals surface area contributed by atoms with Gasteiger partial charge in [-0.1, -0.05) is 0 Å². The third-order valence-electron chi connectivity index (χ3n) is 8.84. The Morgan fingerprint density at radius 1 is 0.951 bits per heavy atom. The molecule has 41 heavy (non-hydrogen) atoms. The monoisotopic (exact) mass is 562 g/mol. The second kappa shape index (κ2) is 10.5. The van der Waals surface area contributed by atoms with E-state index in [9.17, 15) is 9.90 Å². The molecule has 3 aromatic rings. The minimum Gasteiger partial charge on any atom is -0.502 e. The second-order valence-corrected chi connectivity index (χ2v) is 11.1. The predicted molar refractivity (Wildman–Crippen MR) is 146 cm³/mol. The lowest BCUT2D eigenvalue weighted by Gasteiger charge is -2.39. The number of likely N-dealkylation sites (tertiary alicyclic amines) is 1. The minimum atomic E-state index is -0.471. The number of nitrogens with zero attached hydrogens (tertiary/aromatic N) is 1. The number of ether oxygens (including phenoxy) is 5. The fraction of sp³-hybridized carbons (Fsp3) is 0.452. The topological polar surface area (TPSA) is 112 Å². The Labute approximate surface area is 238 Å². The number of nitrogens with one attached hydrogen (secondary N) is 1. The average molecular weight is 563 g/mol. The van der Waals surface area contributed by atoms with Crippen molar-refractivity contribution in [3.05, 3.63) is 64.6 Å². The second-order valence-electron chi connectivity index (χ2n) is 11.1. The molecule has 216 valence electrons. The van der Waals surface area contributed by atoms with Gasteiger partial charge in [0.2, 0.25) is 12.5 Å². The van der Waals surface area contributed by atoms with Crippen LogP contribution in [0.3, 0.4) is 0 Å². The van der Waals surface area contributed by atoms with E-state index in [1.54, 1.807) is 12.1 Å². The van der Waals surface area contributed by atoms with Crippen molar-refractivity contribution in [1.82, 2.24) is 10.2 Å². The molecule has 2 fully saturated rings. The smallest absolute Gasteiger partial charge is 0.310 e. The molecule has 4 heterocycles. The first-order valence-corrected chi connectivity index (χ1v) is 14.1. The van der Waals surface area contributed by atoms with Crippen molar-refractivity contribution in [2.24, 2.45) is 11.8 Å². The number of benzene rings is 2. The third-order valence-corrected chi connectivity index (χ3v) is 8.84. The van der Waals surface area contributed by atoms with Crippen LogP contribution < -0.4 is 24.3 Å². The van der Waals surface area contributed by atoms with Crippen molar-refractivity contribution < 1.29 is 38.0 Å². The quantitative estimate of drug-likeness (QED) is 0.390. The van der Waals surface area contributed by atoms with E-state index in [0.717, 1.165) is 47.8 Å². The van der Waals surface area contributed by atoms with Gasteiger partial charge in [0.15, 0.2) is 23.0 Å². The van der Waals surface area contributed by atoms with Crippen LogP contribution in [0.25, 0.3) is 0 Å². The van der Waals surface area contributed by atoms with Crippen LogP contribution in [0.2, 0.25) is 0 Å². The maximum absolute atomic E-state index is 13.4. The van der Waals surface area contributed by atoms with Crippen molar-refractivity contribution >= 4 is 5.97 Å². The summed E-state index contributed by atoms with van der Waals surface area (Å²) in [5, 5.41) is 14.3. The number of cyclic esters (lactones) is 1. The number of hydrogen-bond donors (Lipinski definition) is 2. The predicted octanol–water partition coefficient (Wildman–Crippen LogP) is 4.09. The zero-order valence-electron chi connectivity index (χ0n) is 23.2. The van der Waals surface area contributed by atoms with Crippen LogP contribution in [0.5, 0.6) is 28.7 Å². The number of aromatic hydroxyl groups is 1. The summed E-state index contributed by atoms with van der Waals surface area (Å²) in [5.41, 5.74) is 2.71. The molecule has 4 aliphatic rings. The van der Waals surface area contributed by atoms with E-state index in [2.05, 4.69) is 16.3 Å². The van der Waals surface area contributed by atoms with Gasteiger partial charge in [-0.25, -0.2) is 0 Å². The number of fused-ring (bicyclic) bond motifs is 3. The largest absolute Gasteiger partial charge is 0.502 e. The molecule has 0 radical (unpaired) electrons. The van der Waals surface area contributed by atoms with Gasteiger partial charge >= 0.3 is 5.97 Å². The first kappa shape index (κ1) is 26.0. The normalized spacial score (nSPS) is 24.7. The van der Waals surface area contributed by atoms with Gasteiger partial charge in [-0.3, -0.25) is 9.69 Å². The van der Waals surface area contributed by atoms with Crippen LogP contribution in [0.4, 0.5) is 0 Å². The van der Waals surface area contributed by atoms with Crippen LogP contribution in [0, 0.1) is 11.8 Å². The Bertz CT molecular complexity index is 1440. The number of carbonyl (C=O) groups is 1. The number of methoxy groups -OCH3 is 2. The summed E-state index contributed by atoms with van der Waals surface area (Å²) < 4.78 is 34.3. The standard InChI is InChI=1S/C31H34N2O8/c1-36-25-9-17(10-26(37-2)30(25)34)27-20-11-23-24(40-16-39-23)12-21(20)29(22-15-38-31(35)28(22)27)32-13-18-5-6-19(41-18)14-33-7-3-4-8-33/h5-6,9-12,22,27-29,32,34H,3-4,7-8,13-16H2,1-2H3/t22-,27+,28-,29+/m0/s1. The van der Waals surface area contributed by atoms with E-state index in [0.29, 0.717) is 18.0 Å². The van der Waals surface area contributed by atoms with Gasteiger partial charge in [-0.15, -0.1) is 0 Å². The Kier molecular flexibility index (Phi) is 6.67. The highest BCUT2D eigenvalue weighted by Crippen LogP contribution is 2.55. The number of carbonyl (C=O) groups excluding carboxylic acids is 1. The van der Waals surface area contributed by atoms with Gasteiger partial charge in [-0.05, 0) is 79.0 Å². The van der Waals surface area contributed by atoms with Gasteiger partial charge in [0.05, 0.1) is 39.8 Å². The van der Waals surface area contributed by atoms with E-state index < -0.39 is 5.92 Å². The first-order chi connectivity index (χ1) is 20.0. The van der Waals surface area contributed by atoms with Gasteiger partial charge in [0.1, 0.15) is 11.5 Å². The number of furan rings is 1. The SMILES string of the molecule is COc1cc([C@@H]2c3cc4c(cc3[C@@H](NCc3ccc(CN5CCCC5)o3)[C@H]3COC(=O)[C@H]23)OCO4)cc(OC)c1O. The van der Waals surface area contributed by atoms with Gasteiger partial charge in [0.25, 0.3) is 0 Å². The van der Waals surface area contributed by atoms with Crippen molar-refractivity contribution in [2.75, 3.05) is 40.7 Å². The number of rotatable bonds is 8. The maximum Gasteiger partial charge on any atom is 0.310 e. The molecule has 3 aliphatic heterocycles. The summed E-state index contributed by atoms with van der Waals surface area (Å²) in [4.78, 5) is 15.8. The molecule has 10 nitrogen and oxygen atoms in total. The van der Waals surface area contributed by atoms with E-state index in [1.807, 2.05) is 18.2 Å². The molecule has 1 aromatic heterocycles. The summed E-state index contributed by atoms with van der Waals surface area (Å²) in [6.07, 6.45) is 2.48. The minimum absolute atomic E-state index is 0.0897. The summed E-state index contributed by atoms with van der Waals surface area (Å²) in [5.74, 6) is 2.31. The molecule has 4 atom stereocenters. The van der Waals surface area contributed by atoms with E-state index >= 15 is 0 Å². The van der Waals surface area contributed by atoms with Crippen molar-refractivity contribution in [2.45, 2.75) is 37.9 Å². The van der Waals surface area contributed by atoms with Crippen LogP contribution in [0.1, 0.15) is 53.0 Å². The van der Waals surface area contributed by atoms with Crippen molar-refractivity contribution in [3.63, 3.8) is 0 Å². The van der Waals surface area contributed by atoms with E-state index in [-0.39, 0.29) is 54.5 Å². The van der Waals surface area contributed by atoms with E-state index in [1.165, 1.54) is 27.1 Å².